The Morgan fingerprint density at radius 3 is 1.17 bits per heavy atom. The number of anilines is 11. The third-order valence-electron chi connectivity index (χ3n) is 24.0. The first-order chi connectivity index (χ1) is 66.3. The van der Waals surface area contributed by atoms with Crippen LogP contribution < -0.4 is 75.9 Å². The Balaban J connectivity index is 0.000000119. The minimum Gasteiger partial charge on any atom is -0.481 e. The van der Waals surface area contributed by atoms with Crippen molar-refractivity contribution in [3.63, 3.8) is 0 Å². The van der Waals surface area contributed by atoms with Gasteiger partial charge in [-0.05, 0) is 211 Å². The van der Waals surface area contributed by atoms with Crippen LogP contribution in [0.25, 0.3) is 98.8 Å². The minimum atomic E-state index is -1.05. The molecule has 698 valence electrons. The lowest BCUT2D eigenvalue weighted by atomic mass is 9.99. The second-order valence-corrected chi connectivity index (χ2v) is 34.4. The number of nitrogens with two attached hydrogens (primary N) is 5. The van der Waals surface area contributed by atoms with E-state index in [9.17, 15) is 41.5 Å². The molecular formula is C103H96F4N24O7. The molecule has 0 radical (unpaired) electrons. The molecule has 14 aromatic rings. The molecule has 4 saturated carbocycles. The van der Waals surface area contributed by atoms with Crippen LogP contribution in [0.2, 0.25) is 0 Å². The Morgan fingerprint density at radius 2 is 0.783 bits per heavy atom. The molecule has 4 aliphatic carbocycles. The minimum absolute atomic E-state index is 0.190. The van der Waals surface area contributed by atoms with E-state index in [0.717, 1.165) is 135 Å². The van der Waals surface area contributed by atoms with E-state index in [2.05, 4.69) is 142 Å². The molecule has 5 amide bonds. The van der Waals surface area contributed by atoms with Gasteiger partial charge in [-0.15, -0.1) is 0 Å². The number of benzene rings is 3. The van der Waals surface area contributed by atoms with Crippen LogP contribution >= 0.6 is 0 Å². The molecule has 7 aliphatic rings. The van der Waals surface area contributed by atoms with Crippen LogP contribution in [0.15, 0.2) is 243 Å². The number of methoxy groups -OCH3 is 1. The summed E-state index contributed by atoms with van der Waals surface area (Å²) >= 11 is 0. The Morgan fingerprint density at radius 1 is 0.428 bits per heavy atom. The number of aromatic nitrogens is 11. The number of aryl methyl sites for hydroxylation is 3. The van der Waals surface area contributed by atoms with Crippen molar-refractivity contribution in [2.45, 2.75) is 104 Å². The number of nitrogens with zero attached hydrogens (tertiary/aromatic N) is 11. The zero-order valence-electron chi connectivity index (χ0n) is 75.8. The zero-order chi connectivity index (χ0) is 97.2. The number of pyridine rings is 11. The number of allylic oxidation sites excluding steroid dienone is 7. The number of nitrogen functional groups attached to an aromatic ring is 5. The van der Waals surface area contributed by atoms with Gasteiger partial charge in [0.15, 0.2) is 0 Å². The lowest BCUT2D eigenvalue weighted by Crippen LogP contribution is -2.16. The average Bonchev–Trinajstić information content (AvgIpc) is 1.76. The molecule has 4 fully saturated rings. The fourth-order valence-electron chi connectivity index (χ4n) is 15.9. The first kappa shape index (κ1) is 92.7. The SMILES string of the molecule is C=C1C=C(c2cc3cc(NC(=O)[C@@H]4C[C@@H]4F)ncc3c(N)n2)C(C)=CN1.C=C1C=C(c2cc3cc(NC(=O)[C@H]4C[C@H]4F)ncc3c(N)n2)C(C)=CN1.C=C1Cc2cc(-c3cc4cc(NC(=O)[C@@H]5C[C@@H]5F)ncc4c(N)n3)c(C)cc2N1.CCc1ccccc1-c1cc2cc(NC(=O)OCc3ccccc3)ncc2c(N)n1.COc1cc(-c2cc3cc(NC(=O)[C@H]4C[C@H]4F)ncc3c(N)n2)c(C)cn1. The number of hydrogen-bond acceptors (Lipinski definition) is 26. The highest BCUT2D eigenvalue weighted by Crippen LogP contribution is 2.43. The van der Waals surface area contributed by atoms with Crippen molar-refractivity contribution >= 4 is 159 Å². The lowest BCUT2D eigenvalue weighted by molar-refractivity contribution is -0.118. The Labute approximate surface area is 788 Å². The van der Waals surface area contributed by atoms with Crippen LogP contribution in [-0.4, -0.2) is 116 Å². The normalized spacial score (nSPS) is 18.2. The van der Waals surface area contributed by atoms with Gasteiger partial charge in [0.25, 0.3) is 0 Å². The van der Waals surface area contributed by atoms with Gasteiger partial charge in [0.05, 0.1) is 59.3 Å². The first-order valence-electron chi connectivity index (χ1n) is 44.3. The fourth-order valence-corrected chi connectivity index (χ4v) is 15.9. The predicted molar refractivity (Wildman–Crippen MR) is 531 cm³/mol. The largest absolute Gasteiger partial charge is 0.481 e. The molecule has 35 heteroatoms. The Hall–Kier alpha value is -17.1. The van der Waals surface area contributed by atoms with Gasteiger partial charge in [0.1, 0.15) is 89.5 Å². The van der Waals surface area contributed by atoms with E-state index < -0.39 is 54.5 Å². The maximum atomic E-state index is 13.1. The second kappa shape index (κ2) is 39.2. The van der Waals surface area contributed by atoms with Crippen molar-refractivity contribution in [3.05, 3.63) is 282 Å². The standard InChI is InChI=1S/C24H22N4O2.C22H20FN5O.C19H18FN5O2.2C19H18FN5O/c1-2-17-10-6-7-11-19(17)21-12-18-13-22(26-14-20(18)23(25)27-21)28-24(29)30-15-16-8-4-3-5-9-16;1-10-3-18-13(4-11(2)26-18)5-14(10)19-6-12-7-20(25-9-16(12)21(24)27-19)28-22(29)15-8-17(15)23;1-9-7-23-17(27-2)6-11(9)15-3-10-4-16(22-8-13(10)18(21)24-15)25-19(26)12-5-14(12)20;2*1-9-7-22-10(2)3-12(9)16-4-11-5-17(23-8-14(11)18(21)24-16)25-19(26)13-6-15(13)20/h3-14H,2,15H2,1H3,(H2,25,27)(H,26,28,29);3,5-7,9,15,17,26H,2,4,8H2,1H3,(H2,24,27)(H,25,28,29);3-4,6-8,12,14H,5H2,1-2H3,(H2,21,24)(H,22,25,26);2*3-5,7-8,13,15,22H,2,6H2,1H3,(H2,21,24)(H,23,25,26)/t;15-,17+;12-,14+;2*13-,15+/m.1010/s1. The smallest absolute Gasteiger partial charge is 0.413 e. The summed E-state index contributed by atoms with van der Waals surface area (Å²) in [6, 6.07) is 41.8. The topological polar surface area (TPSA) is 472 Å². The summed E-state index contributed by atoms with van der Waals surface area (Å²) in [6.45, 7) is 22.0. The number of fused-ring (bicyclic) bond motifs is 6. The molecule has 3 aliphatic heterocycles. The average molecular weight is 1860 g/mol. The summed E-state index contributed by atoms with van der Waals surface area (Å²) in [4.78, 5) is 108. The van der Waals surface area contributed by atoms with E-state index in [1.54, 1.807) is 80.7 Å². The fraction of sp³-hybridized carbons (Fsp3) is 0.204. The molecule has 0 spiro atoms. The quantitative estimate of drug-likeness (QED) is 0.0355. The summed E-state index contributed by atoms with van der Waals surface area (Å²) in [7, 11) is 1.55. The lowest BCUT2D eigenvalue weighted by Gasteiger charge is -2.16. The number of carbonyl (C=O) groups is 5. The number of rotatable bonds is 18. The second-order valence-electron chi connectivity index (χ2n) is 34.4. The number of dihydropyridines is 2. The van der Waals surface area contributed by atoms with Crippen LogP contribution in [0.1, 0.15) is 85.7 Å². The van der Waals surface area contributed by atoms with Crippen LogP contribution in [-0.2, 0) is 43.4 Å². The summed E-state index contributed by atoms with van der Waals surface area (Å²) in [5.41, 5.74) is 49.9. The number of alkyl halides is 4. The van der Waals surface area contributed by atoms with Gasteiger partial charge in [0.2, 0.25) is 29.5 Å². The van der Waals surface area contributed by atoms with Gasteiger partial charge in [-0.2, -0.15) is 0 Å². The zero-order valence-corrected chi connectivity index (χ0v) is 75.8. The number of nitrogens with one attached hydrogen (secondary N) is 8. The number of ether oxygens (including phenoxy) is 2. The molecule has 8 atom stereocenters. The first-order valence-corrected chi connectivity index (χ1v) is 44.3. The summed E-state index contributed by atoms with van der Waals surface area (Å²) in [6.07, 6.45) is 15.1. The third kappa shape index (κ3) is 21.2. The Bertz CT molecular complexity index is 7340. The highest BCUT2D eigenvalue weighted by Gasteiger charge is 2.46. The molecule has 21 rings (SSSR count). The summed E-state index contributed by atoms with van der Waals surface area (Å²) in [5.74, 6) is 0.488. The number of amides is 5. The van der Waals surface area contributed by atoms with Gasteiger partial charge in [-0.1, -0.05) is 81.3 Å². The molecule has 0 unspecified atom stereocenters. The van der Waals surface area contributed by atoms with Gasteiger partial charge in [0, 0.05) is 140 Å². The number of hydrogen-bond donors (Lipinski definition) is 13. The van der Waals surface area contributed by atoms with Gasteiger partial charge in [-0.25, -0.2) is 77.2 Å². The summed E-state index contributed by atoms with van der Waals surface area (Å²) in [5, 5.41) is 30.2. The molecule has 14 heterocycles. The highest BCUT2D eigenvalue weighted by atomic mass is 19.1. The molecular weight excluding hydrogens is 1760 g/mol. The number of carbonyl (C=O) groups excluding carboxylic acids is 5. The summed E-state index contributed by atoms with van der Waals surface area (Å²) < 4.78 is 62.7. The molecule has 18 N–H and O–H groups in total. The predicted octanol–water partition coefficient (Wildman–Crippen LogP) is 17.9. The van der Waals surface area contributed by atoms with E-state index in [-0.39, 0.29) is 55.9 Å². The maximum Gasteiger partial charge on any atom is 0.413 e. The van der Waals surface area contributed by atoms with Crippen molar-refractivity contribution < 1.29 is 51.0 Å². The van der Waals surface area contributed by atoms with E-state index in [0.29, 0.717) is 103 Å². The number of halogens is 4. The van der Waals surface area contributed by atoms with Crippen molar-refractivity contribution in [3.8, 4) is 39.7 Å². The van der Waals surface area contributed by atoms with E-state index in [1.165, 1.54) is 11.1 Å². The molecule has 3 aromatic carbocycles. The van der Waals surface area contributed by atoms with E-state index in [4.69, 9.17) is 38.1 Å². The van der Waals surface area contributed by atoms with Crippen LogP contribution in [0.3, 0.4) is 0 Å². The molecule has 138 heavy (non-hydrogen) atoms. The highest BCUT2D eigenvalue weighted by molar-refractivity contribution is 6.04. The Kier molecular flexibility index (Phi) is 26.3. The van der Waals surface area contributed by atoms with E-state index in [1.807, 2.05) is 131 Å². The van der Waals surface area contributed by atoms with Crippen LogP contribution in [0.5, 0.6) is 5.88 Å². The molecule has 11 aromatic heterocycles. The monoisotopic (exact) mass is 1860 g/mol. The van der Waals surface area contributed by atoms with Crippen molar-refractivity contribution in [2.75, 3.05) is 67.7 Å². The van der Waals surface area contributed by atoms with Crippen molar-refractivity contribution in [2.24, 2.45) is 23.7 Å². The van der Waals surface area contributed by atoms with Crippen LogP contribution in [0, 0.1) is 37.5 Å². The molecule has 0 bridgehead atoms. The van der Waals surface area contributed by atoms with E-state index >= 15 is 0 Å². The van der Waals surface area contributed by atoms with Gasteiger partial charge in [-0.3, -0.25) is 24.5 Å². The van der Waals surface area contributed by atoms with Crippen molar-refractivity contribution in [1.82, 2.24) is 65.5 Å². The van der Waals surface area contributed by atoms with Crippen LogP contribution in [0.4, 0.5) is 86.2 Å². The van der Waals surface area contributed by atoms with Gasteiger partial charge < -0.3 is 75.4 Å². The third-order valence-corrected chi connectivity index (χ3v) is 24.0. The van der Waals surface area contributed by atoms with Gasteiger partial charge >= 0.3 is 6.09 Å². The molecule has 31 nitrogen and oxygen atoms in total. The van der Waals surface area contributed by atoms with Crippen molar-refractivity contribution in [1.29, 1.82) is 0 Å². The molecule has 0 saturated heterocycles. The maximum absolute atomic E-state index is 13.1.